The molecule has 0 aromatic heterocycles. The third-order valence-electron chi connectivity index (χ3n) is 2.64. The number of benzene rings is 2. The molecule has 0 spiro atoms. The lowest BCUT2D eigenvalue weighted by Gasteiger charge is -2.09. The van der Waals surface area contributed by atoms with Crippen molar-refractivity contribution in [1.82, 2.24) is 0 Å². The molecule has 0 amide bonds. The van der Waals surface area contributed by atoms with Gasteiger partial charge in [-0.1, -0.05) is 12.1 Å². The summed E-state index contributed by atoms with van der Waals surface area (Å²) in [6.45, 7) is 1.93. The van der Waals surface area contributed by atoms with Gasteiger partial charge in [0.25, 0.3) is 0 Å². The van der Waals surface area contributed by atoms with E-state index < -0.39 is 0 Å². The fraction of sp³-hybridized carbons (Fsp3) is 0.133. The average Bonchev–Trinajstić information content (AvgIpc) is 2.42. The van der Waals surface area contributed by atoms with Crippen LogP contribution < -0.4 is 4.74 Å². The summed E-state index contributed by atoms with van der Waals surface area (Å²) < 4.78 is 5.72. The van der Waals surface area contributed by atoms with E-state index in [9.17, 15) is 0 Å². The van der Waals surface area contributed by atoms with Crippen LogP contribution >= 0.6 is 0 Å². The van der Waals surface area contributed by atoms with E-state index in [1.165, 1.54) is 0 Å². The van der Waals surface area contributed by atoms with Crippen LogP contribution in [0.5, 0.6) is 11.5 Å². The van der Waals surface area contributed by atoms with E-state index in [1.807, 2.05) is 31.2 Å². The predicted octanol–water partition coefficient (Wildman–Crippen LogP) is 3.15. The maximum Gasteiger partial charge on any atom is 0.130 e. The third-order valence-corrected chi connectivity index (χ3v) is 2.64. The minimum Gasteiger partial charge on any atom is -0.457 e. The Balaban J connectivity index is 2.20. The molecule has 2 aromatic rings. The molecule has 0 saturated heterocycles. The van der Waals surface area contributed by atoms with Crippen LogP contribution in [0.3, 0.4) is 0 Å². The van der Waals surface area contributed by atoms with Crippen LogP contribution in [-0.2, 0) is 6.61 Å². The van der Waals surface area contributed by atoms with Crippen molar-refractivity contribution in [2.75, 3.05) is 0 Å². The maximum absolute atomic E-state index is 8.95. The van der Waals surface area contributed by atoms with E-state index in [1.54, 1.807) is 18.2 Å². The first-order chi connectivity index (χ1) is 8.72. The zero-order valence-electron chi connectivity index (χ0n) is 10.1. The van der Waals surface area contributed by atoms with Gasteiger partial charge in [0, 0.05) is 0 Å². The van der Waals surface area contributed by atoms with E-state index in [0.717, 1.165) is 16.9 Å². The topological polar surface area (TPSA) is 53.2 Å². The number of nitriles is 1. The highest BCUT2D eigenvalue weighted by molar-refractivity contribution is 5.43. The predicted molar refractivity (Wildman–Crippen MR) is 68.3 cm³/mol. The van der Waals surface area contributed by atoms with Crippen molar-refractivity contribution in [1.29, 1.82) is 5.26 Å². The smallest absolute Gasteiger partial charge is 0.130 e. The first-order valence-electron chi connectivity index (χ1n) is 5.61. The number of aliphatic hydroxyl groups is 1. The summed E-state index contributed by atoms with van der Waals surface area (Å²) in [5.41, 5.74) is 2.38. The van der Waals surface area contributed by atoms with Crippen LogP contribution in [0, 0.1) is 18.3 Å². The third kappa shape index (κ3) is 2.68. The van der Waals surface area contributed by atoms with Crippen molar-refractivity contribution in [3.63, 3.8) is 0 Å². The van der Waals surface area contributed by atoms with E-state index >= 15 is 0 Å². The fourth-order valence-electron chi connectivity index (χ4n) is 1.62. The van der Waals surface area contributed by atoms with Gasteiger partial charge < -0.3 is 9.84 Å². The van der Waals surface area contributed by atoms with Crippen molar-refractivity contribution < 1.29 is 9.84 Å². The lowest BCUT2D eigenvalue weighted by molar-refractivity contribution is 0.281. The largest absolute Gasteiger partial charge is 0.457 e. The van der Waals surface area contributed by atoms with Crippen molar-refractivity contribution in [2.24, 2.45) is 0 Å². The van der Waals surface area contributed by atoms with Gasteiger partial charge in [0.1, 0.15) is 11.5 Å². The van der Waals surface area contributed by atoms with Crippen molar-refractivity contribution >= 4 is 0 Å². The number of hydrogen-bond donors (Lipinski definition) is 1. The van der Waals surface area contributed by atoms with Gasteiger partial charge in [-0.25, -0.2) is 0 Å². The summed E-state index contributed by atoms with van der Waals surface area (Å²) in [6.07, 6.45) is 0. The molecule has 2 rings (SSSR count). The second-order valence-electron chi connectivity index (χ2n) is 4.00. The summed E-state index contributed by atoms with van der Waals surface area (Å²) in [4.78, 5) is 0. The lowest BCUT2D eigenvalue weighted by atomic mass is 10.1. The first kappa shape index (κ1) is 12.2. The second-order valence-corrected chi connectivity index (χ2v) is 4.00. The SMILES string of the molecule is Cc1cc(C#N)ccc1Oc1ccc(CO)cc1. The highest BCUT2D eigenvalue weighted by Crippen LogP contribution is 2.25. The molecule has 3 nitrogen and oxygen atoms in total. The summed E-state index contributed by atoms with van der Waals surface area (Å²) in [5.74, 6) is 1.44. The van der Waals surface area contributed by atoms with Crippen LogP contribution in [0.1, 0.15) is 16.7 Å². The Morgan fingerprint density at radius 1 is 1.17 bits per heavy atom. The molecule has 18 heavy (non-hydrogen) atoms. The quantitative estimate of drug-likeness (QED) is 0.895. The van der Waals surface area contributed by atoms with Gasteiger partial charge in [-0.2, -0.15) is 5.26 Å². The molecule has 0 saturated carbocycles. The molecule has 0 radical (unpaired) electrons. The normalized spacial score (nSPS) is 9.83. The van der Waals surface area contributed by atoms with Gasteiger partial charge in [-0.3, -0.25) is 0 Å². The molecule has 0 aliphatic rings. The Bertz CT molecular complexity index is 582. The summed E-state index contributed by atoms with van der Waals surface area (Å²) in [7, 11) is 0. The highest BCUT2D eigenvalue weighted by Gasteiger charge is 2.02. The molecule has 3 heteroatoms. The van der Waals surface area contributed by atoms with Crippen molar-refractivity contribution in [3.8, 4) is 17.6 Å². The van der Waals surface area contributed by atoms with Gasteiger partial charge in [-0.15, -0.1) is 0 Å². The molecule has 0 aliphatic carbocycles. The number of aryl methyl sites for hydroxylation is 1. The second kappa shape index (κ2) is 5.35. The van der Waals surface area contributed by atoms with E-state index in [4.69, 9.17) is 15.1 Å². The molecule has 0 bridgehead atoms. The number of hydrogen-bond acceptors (Lipinski definition) is 3. The minimum absolute atomic E-state index is 0.0240. The number of nitrogens with zero attached hydrogens (tertiary/aromatic N) is 1. The zero-order valence-corrected chi connectivity index (χ0v) is 10.1. The van der Waals surface area contributed by atoms with Crippen molar-refractivity contribution in [3.05, 3.63) is 59.2 Å². The van der Waals surface area contributed by atoms with Crippen LogP contribution in [0.4, 0.5) is 0 Å². The van der Waals surface area contributed by atoms with Crippen LogP contribution in [-0.4, -0.2) is 5.11 Å². The van der Waals surface area contributed by atoms with Gasteiger partial charge in [0.05, 0.1) is 18.2 Å². The summed E-state index contributed by atoms with van der Waals surface area (Å²) in [6, 6.07) is 14.6. The fourth-order valence-corrected chi connectivity index (χ4v) is 1.62. The van der Waals surface area contributed by atoms with E-state index in [-0.39, 0.29) is 6.61 Å². The molecule has 0 atom stereocenters. The van der Waals surface area contributed by atoms with Crippen LogP contribution in [0.15, 0.2) is 42.5 Å². The summed E-state index contributed by atoms with van der Waals surface area (Å²) >= 11 is 0. The van der Waals surface area contributed by atoms with E-state index in [0.29, 0.717) is 11.3 Å². The van der Waals surface area contributed by atoms with Gasteiger partial charge >= 0.3 is 0 Å². The average molecular weight is 239 g/mol. The highest BCUT2D eigenvalue weighted by atomic mass is 16.5. The van der Waals surface area contributed by atoms with Crippen molar-refractivity contribution in [2.45, 2.75) is 13.5 Å². The molecule has 1 N–H and O–H groups in total. The molecular weight excluding hydrogens is 226 g/mol. The Labute approximate surface area is 106 Å². The zero-order chi connectivity index (χ0) is 13.0. The van der Waals surface area contributed by atoms with Crippen LogP contribution in [0.2, 0.25) is 0 Å². The van der Waals surface area contributed by atoms with Gasteiger partial charge in [0.2, 0.25) is 0 Å². The number of aliphatic hydroxyl groups excluding tert-OH is 1. The Kier molecular flexibility index (Phi) is 3.61. The van der Waals surface area contributed by atoms with Gasteiger partial charge in [-0.05, 0) is 48.4 Å². The Morgan fingerprint density at radius 2 is 1.89 bits per heavy atom. The summed E-state index contributed by atoms with van der Waals surface area (Å²) in [5, 5.41) is 17.7. The molecule has 2 aromatic carbocycles. The van der Waals surface area contributed by atoms with E-state index in [2.05, 4.69) is 6.07 Å². The Morgan fingerprint density at radius 3 is 2.44 bits per heavy atom. The molecule has 0 fully saturated rings. The minimum atomic E-state index is 0.0240. The number of rotatable bonds is 3. The first-order valence-corrected chi connectivity index (χ1v) is 5.61. The monoisotopic (exact) mass is 239 g/mol. The number of ether oxygens (including phenoxy) is 1. The molecule has 0 aliphatic heterocycles. The molecular formula is C15H13NO2. The molecule has 0 unspecified atom stereocenters. The van der Waals surface area contributed by atoms with Gasteiger partial charge in [0.15, 0.2) is 0 Å². The molecule has 0 heterocycles. The Hall–Kier alpha value is -2.31. The molecule has 90 valence electrons. The maximum atomic E-state index is 8.95. The van der Waals surface area contributed by atoms with Crippen LogP contribution in [0.25, 0.3) is 0 Å². The standard InChI is InChI=1S/C15H13NO2/c1-11-8-13(9-16)4-7-15(11)18-14-5-2-12(10-17)3-6-14/h2-8,17H,10H2,1H3. The lowest BCUT2D eigenvalue weighted by Crippen LogP contribution is -1.89.